The lowest BCUT2D eigenvalue weighted by Crippen LogP contribution is -2.32. The molecule has 1 heterocycles. The van der Waals surface area contributed by atoms with Gasteiger partial charge in [0.05, 0.1) is 24.1 Å². The molecule has 0 atom stereocenters. The fourth-order valence-electron chi connectivity index (χ4n) is 4.06. The highest BCUT2D eigenvalue weighted by molar-refractivity contribution is 8.18. The number of ether oxygens (including phenoxy) is 3. The Hall–Kier alpha value is -4.27. The Morgan fingerprint density at radius 2 is 1.64 bits per heavy atom. The van der Waals surface area contributed by atoms with Gasteiger partial charge in [-0.1, -0.05) is 60.1 Å². The molecule has 7 nitrogen and oxygen atoms in total. The summed E-state index contributed by atoms with van der Waals surface area (Å²) < 4.78 is 17.0. The Morgan fingerprint density at radius 3 is 2.44 bits per heavy atom. The minimum absolute atomic E-state index is 0.0851. The molecule has 0 radical (unpaired) electrons. The highest BCUT2D eigenvalue weighted by atomic mass is 35.5. The van der Waals surface area contributed by atoms with Crippen molar-refractivity contribution in [1.82, 2.24) is 4.90 Å². The maximum Gasteiger partial charge on any atom is 0.343 e. The molecule has 4 aromatic carbocycles. The van der Waals surface area contributed by atoms with E-state index in [2.05, 4.69) is 0 Å². The van der Waals surface area contributed by atoms with E-state index in [9.17, 15) is 14.4 Å². The van der Waals surface area contributed by atoms with Crippen LogP contribution < -0.4 is 14.2 Å². The van der Waals surface area contributed by atoms with Crippen molar-refractivity contribution in [1.29, 1.82) is 0 Å². The zero-order valence-electron chi connectivity index (χ0n) is 20.8. The molecule has 39 heavy (non-hydrogen) atoms. The maximum atomic E-state index is 13.1. The smallest absolute Gasteiger partial charge is 0.343 e. The standard InChI is InChI=1S/C30H22ClNO6S/c1-36-25-11-5-8-21(27(25)38-29(34)20-12-14-22(31)15-13-20)18-26-28(33)32(30(35)39-26)16-17-37-24-10-4-7-19-6-2-3-9-23(19)24/h2-15,18H,16-17H2,1H3/b26-18-. The highest BCUT2D eigenvalue weighted by Gasteiger charge is 2.35. The van der Waals surface area contributed by atoms with Crippen molar-refractivity contribution >= 4 is 57.3 Å². The molecule has 0 bridgehead atoms. The molecule has 9 heteroatoms. The largest absolute Gasteiger partial charge is 0.493 e. The predicted molar refractivity (Wildman–Crippen MR) is 152 cm³/mol. The van der Waals surface area contributed by atoms with E-state index in [-0.39, 0.29) is 23.8 Å². The molecule has 4 aromatic rings. The average molecular weight is 560 g/mol. The molecule has 0 aromatic heterocycles. The lowest BCUT2D eigenvalue weighted by molar-refractivity contribution is -0.123. The van der Waals surface area contributed by atoms with E-state index in [1.807, 2.05) is 42.5 Å². The van der Waals surface area contributed by atoms with Crippen molar-refractivity contribution in [2.45, 2.75) is 0 Å². The number of amides is 2. The van der Waals surface area contributed by atoms with E-state index < -0.39 is 17.1 Å². The number of hydrogen-bond donors (Lipinski definition) is 0. The highest BCUT2D eigenvalue weighted by Crippen LogP contribution is 2.38. The third-order valence-electron chi connectivity index (χ3n) is 5.99. The van der Waals surface area contributed by atoms with E-state index in [1.165, 1.54) is 13.2 Å². The van der Waals surface area contributed by atoms with E-state index in [1.54, 1.807) is 42.5 Å². The van der Waals surface area contributed by atoms with Crippen LogP contribution >= 0.6 is 23.4 Å². The first-order valence-electron chi connectivity index (χ1n) is 12.0. The van der Waals surface area contributed by atoms with Gasteiger partial charge in [-0.3, -0.25) is 14.5 Å². The van der Waals surface area contributed by atoms with Crippen LogP contribution in [-0.2, 0) is 4.79 Å². The van der Waals surface area contributed by atoms with Gasteiger partial charge >= 0.3 is 5.97 Å². The van der Waals surface area contributed by atoms with Crippen molar-refractivity contribution < 1.29 is 28.6 Å². The Kier molecular flexibility index (Phi) is 7.86. The quantitative estimate of drug-likeness (QED) is 0.133. The van der Waals surface area contributed by atoms with Gasteiger partial charge in [0, 0.05) is 16.0 Å². The van der Waals surface area contributed by atoms with Gasteiger partial charge in [-0.2, -0.15) is 0 Å². The molecule has 1 aliphatic heterocycles. The molecule has 5 rings (SSSR count). The Balaban J connectivity index is 1.32. The number of thioether (sulfide) groups is 1. The molecule has 1 fully saturated rings. The van der Waals surface area contributed by atoms with Crippen LogP contribution in [0.5, 0.6) is 17.2 Å². The first-order chi connectivity index (χ1) is 18.9. The van der Waals surface area contributed by atoms with Crippen LogP contribution in [0, 0.1) is 0 Å². The minimum atomic E-state index is -0.621. The molecule has 0 saturated carbocycles. The predicted octanol–water partition coefficient (Wildman–Crippen LogP) is 6.84. The normalized spacial score (nSPS) is 14.2. The maximum absolute atomic E-state index is 13.1. The van der Waals surface area contributed by atoms with Crippen molar-refractivity contribution in [2.24, 2.45) is 0 Å². The number of halogens is 1. The molecule has 196 valence electrons. The molecular formula is C30H22ClNO6S. The van der Waals surface area contributed by atoms with E-state index >= 15 is 0 Å². The lowest BCUT2D eigenvalue weighted by atomic mass is 10.1. The SMILES string of the molecule is COc1cccc(/C=C2\SC(=O)N(CCOc3cccc4ccccc34)C2=O)c1OC(=O)c1ccc(Cl)cc1. The average Bonchev–Trinajstić information content (AvgIpc) is 3.21. The molecule has 0 spiro atoms. The van der Waals surface area contributed by atoms with Crippen molar-refractivity contribution in [3.05, 3.63) is 106 Å². The number of nitrogens with zero attached hydrogens (tertiary/aromatic N) is 1. The van der Waals surface area contributed by atoms with E-state index in [0.717, 1.165) is 27.4 Å². The number of hydrogen-bond acceptors (Lipinski definition) is 7. The van der Waals surface area contributed by atoms with Crippen LogP contribution in [0.15, 0.2) is 89.8 Å². The third-order valence-corrected chi connectivity index (χ3v) is 7.15. The first-order valence-corrected chi connectivity index (χ1v) is 13.1. The van der Waals surface area contributed by atoms with Gasteiger partial charge in [0.1, 0.15) is 12.4 Å². The van der Waals surface area contributed by atoms with Crippen LogP contribution in [0.4, 0.5) is 4.79 Å². The Bertz CT molecular complexity index is 1600. The zero-order valence-corrected chi connectivity index (χ0v) is 22.3. The molecule has 1 saturated heterocycles. The fraction of sp³-hybridized carbons (Fsp3) is 0.100. The number of carbonyl (C=O) groups excluding carboxylic acids is 3. The number of para-hydroxylation sites is 1. The van der Waals surface area contributed by atoms with Crippen LogP contribution in [0.25, 0.3) is 16.8 Å². The van der Waals surface area contributed by atoms with Crippen molar-refractivity contribution in [2.75, 3.05) is 20.3 Å². The van der Waals surface area contributed by atoms with Crippen LogP contribution in [0.1, 0.15) is 15.9 Å². The van der Waals surface area contributed by atoms with Crippen LogP contribution in [0.3, 0.4) is 0 Å². The summed E-state index contributed by atoms with van der Waals surface area (Å²) in [5.41, 5.74) is 0.706. The number of methoxy groups -OCH3 is 1. The first kappa shape index (κ1) is 26.3. The summed E-state index contributed by atoms with van der Waals surface area (Å²) in [5.74, 6) is 0.0350. The Labute approximate surface area is 233 Å². The second-order valence-corrected chi connectivity index (χ2v) is 9.86. The van der Waals surface area contributed by atoms with E-state index in [4.69, 9.17) is 25.8 Å². The summed E-state index contributed by atoms with van der Waals surface area (Å²) in [5, 5.41) is 2.07. The fourth-order valence-corrected chi connectivity index (χ4v) is 5.04. The summed E-state index contributed by atoms with van der Waals surface area (Å²) in [6.07, 6.45) is 1.52. The van der Waals surface area contributed by atoms with Gasteiger partial charge in [-0.05, 0) is 59.6 Å². The van der Waals surface area contributed by atoms with Gasteiger partial charge < -0.3 is 14.2 Å². The van der Waals surface area contributed by atoms with Crippen molar-refractivity contribution in [3.8, 4) is 17.2 Å². The molecule has 0 unspecified atom stereocenters. The summed E-state index contributed by atoms with van der Waals surface area (Å²) in [4.78, 5) is 39.9. The van der Waals surface area contributed by atoms with Gasteiger partial charge in [-0.25, -0.2) is 4.79 Å². The molecule has 1 aliphatic rings. The van der Waals surface area contributed by atoms with Gasteiger partial charge in [0.25, 0.3) is 11.1 Å². The zero-order chi connectivity index (χ0) is 27.4. The summed E-state index contributed by atoms with van der Waals surface area (Å²) in [7, 11) is 1.45. The van der Waals surface area contributed by atoms with Gasteiger partial charge in [0.2, 0.25) is 0 Å². The van der Waals surface area contributed by atoms with Crippen LogP contribution in [0.2, 0.25) is 5.02 Å². The Morgan fingerprint density at radius 1 is 0.923 bits per heavy atom. The molecular weight excluding hydrogens is 538 g/mol. The van der Waals surface area contributed by atoms with Gasteiger partial charge in [-0.15, -0.1) is 0 Å². The minimum Gasteiger partial charge on any atom is -0.493 e. The molecule has 2 amide bonds. The number of rotatable bonds is 8. The lowest BCUT2D eigenvalue weighted by Gasteiger charge is -2.14. The number of benzene rings is 4. The summed E-state index contributed by atoms with van der Waals surface area (Å²) in [6.45, 7) is 0.226. The summed E-state index contributed by atoms with van der Waals surface area (Å²) in [6, 6.07) is 24.8. The molecule has 0 N–H and O–H groups in total. The second-order valence-electron chi connectivity index (χ2n) is 8.43. The van der Waals surface area contributed by atoms with Crippen LogP contribution in [-0.4, -0.2) is 42.3 Å². The van der Waals surface area contributed by atoms with Crippen molar-refractivity contribution in [3.63, 3.8) is 0 Å². The number of imide groups is 1. The van der Waals surface area contributed by atoms with E-state index in [0.29, 0.717) is 27.6 Å². The number of fused-ring (bicyclic) bond motifs is 1. The molecule has 0 aliphatic carbocycles. The van der Waals surface area contributed by atoms with Gasteiger partial charge in [0.15, 0.2) is 11.5 Å². The number of carbonyl (C=O) groups is 3. The monoisotopic (exact) mass is 559 g/mol. The topological polar surface area (TPSA) is 82.1 Å². The summed E-state index contributed by atoms with van der Waals surface area (Å²) >= 11 is 6.73. The number of esters is 1. The second kappa shape index (κ2) is 11.6. The third kappa shape index (κ3) is 5.77.